The number of carbonyl (C=O) groups excluding carboxylic acids is 1. The first kappa shape index (κ1) is 14.9. The van der Waals surface area contributed by atoms with Crippen LogP contribution in [0.5, 0.6) is 0 Å². The molecule has 3 heteroatoms. The average Bonchev–Trinajstić information content (AvgIpc) is 2.70. The summed E-state index contributed by atoms with van der Waals surface area (Å²) in [4.78, 5) is 12.3. The minimum atomic E-state index is -1.31. The summed E-state index contributed by atoms with van der Waals surface area (Å²) in [6.45, 7) is 4.22. The highest BCUT2D eigenvalue weighted by atomic mass is 19.1. The molecule has 0 aromatic carbocycles. The van der Waals surface area contributed by atoms with Crippen molar-refractivity contribution in [3.05, 3.63) is 11.6 Å². The maximum absolute atomic E-state index is 14.1. The summed E-state index contributed by atoms with van der Waals surface area (Å²) in [7, 11) is 0. The molecule has 3 saturated carbocycles. The first-order valence-electron chi connectivity index (χ1n) is 8.94. The maximum Gasteiger partial charge on any atom is 0.173 e. The molecule has 0 aromatic rings. The molecule has 7 atom stereocenters. The minimum Gasteiger partial charge on any atom is -0.393 e. The number of rotatable bonds is 0. The summed E-state index contributed by atoms with van der Waals surface area (Å²) in [5.74, 6) is 0.400. The Bertz CT molecular complexity index is 542. The number of hydrogen-bond acceptors (Lipinski definition) is 2. The zero-order chi connectivity index (χ0) is 15.7. The van der Waals surface area contributed by atoms with Crippen molar-refractivity contribution < 1.29 is 14.3 Å². The van der Waals surface area contributed by atoms with E-state index in [9.17, 15) is 14.3 Å². The number of allylic oxidation sites excluding steroid dienone is 2. The lowest BCUT2D eigenvalue weighted by Gasteiger charge is -2.58. The molecule has 4 aliphatic rings. The van der Waals surface area contributed by atoms with Crippen LogP contribution in [0.25, 0.3) is 0 Å². The molecule has 122 valence electrons. The van der Waals surface area contributed by atoms with Crippen LogP contribution in [-0.4, -0.2) is 23.2 Å². The lowest BCUT2D eigenvalue weighted by molar-refractivity contribution is -0.147. The van der Waals surface area contributed by atoms with E-state index in [-0.39, 0.29) is 23.0 Å². The molecule has 3 fully saturated rings. The van der Waals surface area contributed by atoms with Crippen molar-refractivity contribution in [1.82, 2.24) is 0 Å². The third-order valence-corrected chi connectivity index (χ3v) is 7.66. The van der Waals surface area contributed by atoms with Gasteiger partial charge in [-0.3, -0.25) is 4.79 Å². The molecule has 4 rings (SSSR count). The number of alkyl halides is 1. The van der Waals surface area contributed by atoms with Gasteiger partial charge in [0, 0.05) is 5.41 Å². The van der Waals surface area contributed by atoms with Gasteiger partial charge in [-0.05, 0) is 68.1 Å². The number of Topliss-reactive ketones (excluding diaryl/α,β-unsaturated/α-hetero) is 1. The van der Waals surface area contributed by atoms with Crippen molar-refractivity contribution in [1.29, 1.82) is 0 Å². The first-order chi connectivity index (χ1) is 10.4. The number of hydrogen-bond donors (Lipinski definition) is 1. The highest BCUT2D eigenvalue weighted by Gasteiger charge is 2.64. The van der Waals surface area contributed by atoms with Crippen molar-refractivity contribution in [3.8, 4) is 0 Å². The number of aliphatic hydroxyl groups is 1. The number of aliphatic hydroxyl groups excluding tert-OH is 1. The van der Waals surface area contributed by atoms with E-state index in [2.05, 4.69) is 13.0 Å². The largest absolute Gasteiger partial charge is 0.393 e. The topological polar surface area (TPSA) is 37.3 Å². The van der Waals surface area contributed by atoms with Crippen LogP contribution >= 0.6 is 0 Å². The fourth-order valence-corrected chi connectivity index (χ4v) is 6.63. The molecule has 0 heterocycles. The van der Waals surface area contributed by atoms with E-state index in [0.717, 1.165) is 25.7 Å². The number of carbonyl (C=O) groups is 1. The molecule has 0 radical (unpaired) electrons. The predicted molar refractivity (Wildman–Crippen MR) is 83.0 cm³/mol. The molecule has 0 saturated heterocycles. The van der Waals surface area contributed by atoms with E-state index in [0.29, 0.717) is 18.8 Å². The molecule has 2 unspecified atom stereocenters. The number of ketones is 1. The summed E-state index contributed by atoms with van der Waals surface area (Å²) >= 11 is 0. The van der Waals surface area contributed by atoms with Gasteiger partial charge in [0.1, 0.15) is 0 Å². The van der Waals surface area contributed by atoms with Gasteiger partial charge < -0.3 is 5.11 Å². The third-order valence-electron chi connectivity index (χ3n) is 7.66. The Kier molecular flexibility index (Phi) is 3.15. The van der Waals surface area contributed by atoms with E-state index in [1.54, 1.807) is 0 Å². The van der Waals surface area contributed by atoms with E-state index < -0.39 is 17.7 Å². The maximum atomic E-state index is 14.1. The molecule has 2 nitrogen and oxygen atoms in total. The van der Waals surface area contributed by atoms with Crippen LogP contribution in [0.15, 0.2) is 11.6 Å². The summed E-state index contributed by atoms with van der Waals surface area (Å²) < 4.78 is 14.1. The van der Waals surface area contributed by atoms with Crippen LogP contribution in [0.2, 0.25) is 0 Å². The van der Waals surface area contributed by atoms with E-state index in [4.69, 9.17) is 0 Å². The Morgan fingerprint density at radius 3 is 2.86 bits per heavy atom. The Labute approximate surface area is 132 Å². The van der Waals surface area contributed by atoms with Crippen molar-refractivity contribution >= 4 is 5.78 Å². The van der Waals surface area contributed by atoms with Crippen molar-refractivity contribution in [2.24, 2.45) is 28.6 Å². The van der Waals surface area contributed by atoms with Gasteiger partial charge in [-0.1, -0.05) is 25.5 Å². The summed E-state index contributed by atoms with van der Waals surface area (Å²) in [5, 5.41) is 10.9. The van der Waals surface area contributed by atoms with Gasteiger partial charge in [-0.25, -0.2) is 4.39 Å². The Morgan fingerprint density at radius 2 is 2.09 bits per heavy atom. The second kappa shape index (κ2) is 4.66. The molecular formula is C19H27FO2. The van der Waals surface area contributed by atoms with E-state index in [1.165, 1.54) is 12.0 Å². The third kappa shape index (κ3) is 1.72. The molecule has 4 aliphatic carbocycles. The highest BCUT2D eigenvalue weighted by molar-refractivity contribution is 5.91. The summed E-state index contributed by atoms with van der Waals surface area (Å²) in [6, 6.07) is 0. The van der Waals surface area contributed by atoms with Gasteiger partial charge in [-0.15, -0.1) is 0 Å². The predicted octanol–water partition coefficient (Wildman–Crippen LogP) is 3.83. The summed E-state index contributed by atoms with van der Waals surface area (Å²) in [6.07, 6.45) is 7.02. The minimum absolute atomic E-state index is 0.0688. The van der Waals surface area contributed by atoms with Crippen LogP contribution in [-0.2, 0) is 4.79 Å². The molecular weight excluding hydrogens is 279 g/mol. The first-order valence-corrected chi connectivity index (χ1v) is 8.94. The lowest BCUT2D eigenvalue weighted by atomic mass is 9.46. The number of fused-ring (bicyclic) bond motifs is 5. The smallest absolute Gasteiger partial charge is 0.173 e. The van der Waals surface area contributed by atoms with Crippen LogP contribution < -0.4 is 0 Å². The quantitative estimate of drug-likeness (QED) is 0.691. The Balaban J connectivity index is 1.75. The van der Waals surface area contributed by atoms with E-state index in [1.807, 2.05) is 6.92 Å². The van der Waals surface area contributed by atoms with Crippen LogP contribution in [0.4, 0.5) is 4.39 Å². The Hall–Kier alpha value is -0.700. The van der Waals surface area contributed by atoms with Crippen LogP contribution in [0.3, 0.4) is 0 Å². The Morgan fingerprint density at radius 1 is 1.32 bits per heavy atom. The van der Waals surface area contributed by atoms with Crippen LogP contribution in [0.1, 0.15) is 58.8 Å². The lowest BCUT2D eigenvalue weighted by Crippen LogP contribution is -2.56. The highest BCUT2D eigenvalue weighted by Crippen LogP contribution is 2.64. The fourth-order valence-electron chi connectivity index (χ4n) is 6.63. The van der Waals surface area contributed by atoms with Gasteiger partial charge in [0.05, 0.1) is 6.10 Å². The molecule has 0 bridgehead atoms. The second-order valence-electron chi connectivity index (χ2n) is 8.63. The van der Waals surface area contributed by atoms with Gasteiger partial charge in [-0.2, -0.15) is 0 Å². The SMILES string of the molecule is C[C@]12CCCC=C1CC[C@@H]1[C@@H]2C(O)C[C@]2(C)C(=O)C(F)C[C@@H]12. The fraction of sp³-hybridized carbons (Fsp3) is 0.842. The molecule has 22 heavy (non-hydrogen) atoms. The van der Waals surface area contributed by atoms with E-state index >= 15 is 0 Å². The molecule has 0 amide bonds. The molecule has 0 spiro atoms. The number of halogens is 1. The van der Waals surface area contributed by atoms with Gasteiger partial charge in [0.25, 0.3) is 0 Å². The second-order valence-corrected chi connectivity index (χ2v) is 8.63. The normalized spacial score (nSPS) is 54.3. The molecule has 0 aromatic heterocycles. The summed E-state index contributed by atoms with van der Waals surface area (Å²) in [5.41, 5.74) is 0.954. The van der Waals surface area contributed by atoms with Crippen molar-refractivity contribution in [2.45, 2.75) is 71.1 Å². The van der Waals surface area contributed by atoms with Crippen molar-refractivity contribution in [3.63, 3.8) is 0 Å². The average molecular weight is 306 g/mol. The standard InChI is InChI=1S/C19H27FO2/c1-18-8-4-3-5-11(18)6-7-12-13-9-14(20)17(22)19(13,2)10-15(21)16(12)18/h5,12-16,21H,3-4,6-10H2,1-2H3/t12-,13-,14?,15?,16+,18-,19-/m0/s1. The van der Waals surface area contributed by atoms with Gasteiger partial charge >= 0.3 is 0 Å². The van der Waals surface area contributed by atoms with Gasteiger partial charge in [0.2, 0.25) is 0 Å². The van der Waals surface area contributed by atoms with Crippen LogP contribution in [0, 0.1) is 28.6 Å². The monoisotopic (exact) mass is 306 g/mol. The molecule has 1 N–H and O–H groups in total. The zero-order valence-electron chi connectivity index (χ0n) is 13.6. The van der Waals surface area contributed by atoms with Gasteiger partial charge in [0.15, 0.2) is 12.0 Å². The van der Waals surface area contributed by atoms with Crippen molar-refractivity contribution in [2.75, 3.05) is 0 Å². The zero-order valence-corrected chi connectivity index (χ0v) is 13.6. The molecule has 0 aliphatic heterocycles.